The number of aliphatic hydroxyl groups excluding tert-OH is 2. The van der Waals surface area contributed by atoms with Crippen LogP contribution < -0.4 is 10.9 Å². The Morgan fingerprint density at radius 1 is 1.32 bits per heavy atom. The van der Waals surface area contributed by atoms with Crippen molar-refractivity contribution < 1.29 is 10.2 Å². The van der Waals surface area contributed by atoms with Crippen LogP contribution in [0.1, 0.15) is 12.7 Å². The Morgan fingerprint density at radius 2 is 2.00 bits per heavy atom. The lowest BCUT2D eigenvalue weighted by Gasteiger charge is -2.25. The molecule has 0 radical (unpaired) electrons. The molecule has 1 heterocycles. The van der Waals surface area contributed by atoms with Gasteiger partial charge in [0.1, 0.15) is 5.82 Å². The van der Waals surface area contributed by atoms with Crippen LogP contribution in [0.3, 0.4) is 0 Å². The van der Waals surface area contributed by atoms with Crippen molar-refractivity contribution in [3.05, 3.63) is 40.4 Å². The highest BCUT2D eigenvalue weighted by Gasteiger charge is 2.21. The summed E-state index contributed by atoms with van der Waals surface area (Å²) in [5.74, 6) is 0.469. The quantitative estimate of drug-likeness (QED) is 0.596. The summed E-state index contributed by atoms with van der Waals surface area (Å²) in [5.41, 5.74) is -0.376. The number of aromatic nitrogens is 2. The number of fused-ring (bicyclic) bond motifs is 1. The molecule has 0 amide bonds. The fourth-order valence-corrected chi connectivity index (χ4v) is 1.68. The molecular formula is C13H17N3O3. The smallest absolute Gasteiger partial charge is 0.258 e. The third-order valence-electron chi connectivity index (χ3n) is 3.04. The van der Waals surface area contributed by atoms with Crippen LogP contribution in [0.25, 0.3) is 10.9 Å². The van der Waals surface area contributed by atoms with Crippen LogP contribution in [0.4, 0.5) is 0 Å². The van der Waals surface area contributed by atoms with E-state index in [0.717, 1.165) is 0 Å². The maximum absolute atomic E-state index is 11.8. The lowest BCUT2D eigenvalue weighted by Crippen LogP contribution is -2.48. The van der Waals surface area contributed by atoms with Crippen LogP contribution in [0, 0.1) is 0 Å². The second-order valence-electron chi connectivity index (χ2n) is 4.76. The molecule has 19 heavy (non-hydrogen) atoms. The zero-order valence-corrected chi connectivity index (χ0v) is 10.7. The number of nitrogens with one attached hydrogen (secondary N) is 2. The standard InChI is InChI=1S/C13H17N3O3/c1-13(7-17,8-18)14-6-11-15-10-5-3-2-4-9(10)12(19)16-11/h2-5,14,17-18H,6-8H2,1H3,(H,15,16,19). The average molecular weight is 263 g/mol. The number of para-hydroxylation sites is 1. The molecule has 0 spiro atoms. The molecule has 0 aliphatic carbocycles. The predicted octanol–water partition coefficient (Wildman–Crippen LogP) is -0.244. The van der Waals surface area contributed by atoms with Gasteiger partial charge in [0.15, 0.2) is 0 Å². The van der Waals surface area contributed by atoms with E-state index in [2.05, 4.69) is 15.3 Å². The molecule has 0 saturated carbocycles. The van der Waals surface area contributed by atoms with Gasteiger partial charge in [0.25, 0.3) is 5.56 Å². The van der Waals surface area contributed by atoms with Crippen molar-refractivity contribution in [2.45, 2.75) is 19.0 Å². The zero-order chi connectivity index (χ0) is 13.9. The number of H-pyrrole nitrogens is 1. The first-order valence-electron chi connectivity index (χ1n) is 6.03. The van der Waals surface area contributed by atoms with Gasteiger partial charge in [0.2, 0.25) is 0 Å². The van der Waals surface area contributed by atoms with Crippen molar-refractivity contribution in [1.29, 1.82) is 0 Å². The Kier molecular flexibility index (Phi) is 3.94. The maximum atomic E-state index is 11.8. The predicted molar refractivity (Wildman–Crippen MR) is 71.8 cm³/mol. The Balaban J connectivity index is 2.25. The minimum atomic E-state index is -0.801. The van der Waals surface area contributed by atoms with Gasteiger partial charge in [-0.2, -0.15) is 0 Å². The average Bonchev–Trinajstić information content (AvgIpc) is 2.45. The van der Waals surface area contributed by atoms with Crippen LogP contribution in [0.2, 0.25) is 0 Å². The lowest BCUT2D eigenvalue weighted by molar-refractivity contribution is 0.102. The molecule has 1 aromatic carbocycles. The maximum Gasteiger partial charge on any atom is 0.258 e. The van der Waals surface area contributed by atoms with Crippen LogP contribution in [0.15, 0.2) is 29.1 Å². The largest absolute Gasteiger partial charge is 0.394 e. The summed E-state index contributed by atoms with van der Waals surface area (Å²) in [5, 5.41) is 21.9. The first-order chi connectivity index (χ1) is 9.08. The Morgan fingerprint density at radius 3 is 2.68 bits per heavy atom. The van der Waals surface area contributed by atoms with Crippen LogP contribution in [-0.4, -0.2) is 38.9 Å². The third kappa shape index (κ3) is 2.98. The minimum Gasteiger partial charge on any atom is -0.394 e. The number of aliphatic hydroxyl groups is 2. The van der Waals surface area contributed by atoms with E-state index in [4.69, 9.17) is 0 Å². The lowest BCUT2D eigenvalue weighted by atomic mass is 10.1. The van der Waals surface area contributed by atoms with Gasteiger partial charge < -0.3 is 20.5 Å². The SMILES string of the molecule is CC(CO)(CO)NCc1nc2ccccc2c(=O)[nH]1. The molecule has 1 aromatic heterocycles. The summed E-state index contributed by atoms with van der Waals surface area (Å²) in [6.07, 6.45) is 0. The number of nitrogens with zero attached hydrogens (tertiary/aromatic N) is 1. The van der Waals surface area contributed by atoms with Gasteiger partial charge in [-0.3, -0.25) is 4.79 Å². The van der Waals surface area contributed by atoms with Gasteiger partial charge in [0.05, 0.1) is 36.2 Å². The highest BCUT2D eigenvalue weighted by atomic mass is 16.3. The monoisotopic (exact) mass is 263 g/mol. The first kappa shape index (κ1) is 13.7. The topological polar surface area (TPSA) is 98.2 Å². The Labute approximate surface area is 110 Å². The summed E-state index contributed by atoms with van der Waals surface area (Å²) in [4.78, 5) is 18.8. The number of hydrogen-bond donors (Lipinski definition) is 4. The van der Waals surface area contributed by atoms with E-state index >= 15 is 0 Å². The molecule has 0 aliphatic rings. The van der Waals surface area contributed by atoms with E-state index in [1.165, 1.54) is 0 Å². The molecule has 0 unspecified atom stereocenters. The second-order valence-corrected chi connectivity index (χ2v) is 4.76. The molecule has 0 saturated heterocycles. The molecule has 4 N–H and O–H groups in total. The molecule has 6 nitrogen and oxygen atoms in total. The number of hydrogen-bond acceptors (Lipinski definition) is 5. The van der Waals surface area contributed by atoms with Gasteiger partial charge in [0, 0.05) is 0 Å². The molecule has 0 fully saturated rings. The Bertz CT molecular complexity index is 620. The fraction of sp³-hybridized carbons (Fsp3) is 0.385. The number of rotatable bonds is 5. The van der Waals surface area contributed by atoms with E-state index in [0.29, 0.717) is 16.7 Å². The molecule has 2 aromatic rings. The van der Waals surface area contributed by atoms with Gasteiger partial charge in [-0.25, -0.2) is 4.98 Å². The normalized spacial score (nSPS) is 11.9. The Hall–Kier alpha value is -1.76. The minimum absolute atomic E-state index is 0.197. The number of benzene rings is 1. The summed E-state index contributed by atoms with van der Waals surface area (Å²) in [6.45, 7) is 1.53. The van der Waals surface area contributed by atoms with E-state index in [-0.39, 0.29) is 25.3 Å². The first-order valence-corrected chi connectivity index (χ1v) is 6.03. The van der Waals surface area contributed by atoms with E-state index < -0.39 is 5.54 Å². The number of aromatic amines is 1. The van der Waals surface area contributed by atoms with Crippen LogP contribution >= 0.6 is 0 Å². The molecular weight excluding hydrogens is 246 g/mol. The van der Waals surface area contributed by atoms with Gasteiger partial charge in [-0.05, 0) is 19.1 Å². The molecule has 0 bridgehead atoms. The van der Waals surface area contributed by atoms with Crippen molar-refractivity contribution in [2.24, 2.45) is 0 Å². The van der Waals surface area contributed by atoms with E-state index in [9.17, 15) is 15.0 Å². The molecule has 0 atom stereocenters. The van der Waals surface area contributed by atoms with Crippen molar-refractivity contribution in [1.82, 2.24) is 15.3 Å². The molecule has 0 aliphatic heterocycles. The van der Waals surface area contributed by atoms with E-state index in [1.807, 2.05) is 6.07 Å². The van der Waals surface area contributed by atoms with Gasteiger partial charge in [-0.1, -0.05) is 12.1 Å². The summed E-state index contributed by atoms with van der Waals surface area (Å²) in [7, 11) is 0. The summed E-state index contributed by atoms with van der Waals surface area (Å²) >= 11 is 0. The third-order valence-corrected chi connectivity index (χ3v) is 3.04. The van der Waals surface area contributed by atoms with Gasteiger partial charge >= 0.3 is 0 Å². The second kappa shape index (κ2) is 5.48. The molecule has 6 heteroatoms. The van der Waals surface area contributed by atoms with Crippen LogP contribution in [-0.2, 0) is 6.54 Å². The van der Waals surface area contributed by atoms with Gasteiger partial charge in [-0.15, -0.1) is 0 Å². The van der Waals surface area contributed by atoms with Crippen molar-refractivity contribution in [3.63, 3.8) is 0 Å². The van der Waals surface area contributed by atoms with Crippen LogP contribution in [0.5, 0.6) is 0 Å². The summed E-state index contributed by atoms with van der Waals surface area (Å²) in [6, 6.07) is 7.08. The van der Waals surface area contributed by atoms with Crippen molar-refractivity contribution in [2.75, 3.05) is 13.2 Å². The van der Waals surface area contributed by atoms with Crippen molar-refractivity contribution in [3.8, 4) is 0 Å². The molecule has 2 rings (SSSR count). The fourth-order valence-electron chi connectivity index (χ4n) is 1.68. The highest BCUT2D eigenvalue weighted by molar-refractivity contribution is 5.77. The highest BCUT2D eigenvalue weighted by Crippen LogP contribution is 2.07. The summed E-state index contributed by atoms with van der Waals surface area (Å²) < 4.78 is 0. The van der Waals surface area contributed by atoms with E-state index in [1.54, 1.807) is 25.1 Å². The van der Waals surface area contributed by atoms with Crippen molar-refractivity contribution >= 4 is 10.9 Å². The zero-order valence-electron chi connectivity index (χ0n) is 10.7. The molecule has 102 valence electrons.